The van der Waals surface area contributed by atoms with Crippen molar-refractivity contribution >= 4 is 5.91 Å². The summed E-state index contributed by atoms with van der Waals surface area (Å²) in [4.78, 5) is 25.4. The van der Waals surface area contributed by atoms with Crippen LogP contribution < -0.4 is 0 Å². The molecule has 0 bridgehead atoms. The molecule has 2 aliphatic heterocycles. The number of nitrogens with zero attached hydrogens (tertiary/aromatic N) is 3. The van der Waals surface area contributed by atoms with E-state index in [-0.39, 0.29) is 11.9 Å². The van der Waals surface area contributed by atoms with E-state index in [4.69, 9.17) is 0 Å². The van der Waals surface area contributed by atoms with Gasteiger partial charge in [0.1, 0.15) is 0 Å². The van der Waals surface area contributed by atoms with E-state index in [0.29, 0.717) is 12.0 Å². The maximum atomic E-state index is 13.3. The monoisotopic (exact) mass is 366 g/mol. The Balaban J connectivity index is 1.38. The second-order valence-corrected chi connectivity index (χ2v) is 8.27. The highest BCUT2D eigenvalue weighted by molar-refractivity contribution is 5.82. The highest BCUT2D eigenvalue weighted by Gasteiger charge is 2.37. The van der Waals surface area contributed by atoms with E-state index in [0.717, 1.165) is 56.7 Å². The van der Waals surface area contributed by atoms with Crippen molar-refractivity contribution in [2.45, 2.75) is 58.2 Å². The minimum Gasteiger partial charge on any atom is -0.347 e. The Morgan fingerprint density at radius 1 is 1.22 bits per heavy atom. The molecular formula is C22H30N4O. The van der Waals surface area contributed by atoms with E-state index in [1.165, 1.54) is 5.56 Å². The number of amides is 1. The number of aromatic nitrogens is 2. The number of rotatable bonds is 4. The summed E-state index contributed by atoms with van der Waals surface area (Å²) in [6, 6.07) is 11.0. The summed E-state index contributed by atoms with van der Waals surface area (Å²) in [6.07, 6.45) is 5.80. The number of hydrogen-bond acceptors (Lipinski definition) is 3. The van der Waals surface area contributed by atoms with E-state index in [9.17, 15) is 4.79 Å². The predicted octanol–water partition coefficient (Wildman–Crippen LogP) is 3.03. The topological polar surface area (TPSA) is 52.2 Å². The number of hydrogen-bond donors (Lipinski definition) is 1. The van der Waals surface area contributed by atoms with Gasteiger partial charge in [-0.2, -0.15) is 0 Å². The molecule has 1 aromatic heterocycles. The van der Waals surface area contributed by atoms with Crippen LogP contribution in [0, 0.1) is 5.92 Å². The zero-order chi connectivity index (χ0) is 18.8. The SMILES string of the molecule is CC(C)N1Cc2[nH]cnc2C[C@H]1C(=O)N1CCC(Cc2ccccc2)CC1. The number of benzene rings is 1. The van der Waals surface area contributed by atoms with Gasteiger partial charge in [0, 0.05) is 32.1 Å². The normalized spacial score (nSPS) is 21.4. The highest BCUT2D eigenvalue weighted by atomic mass is 16.2. The summed E-state index contributed by atoms with van der Waals surface area (Å²) in [6.45, 7) is 6.90. The van der Waals surface area contributed by atoms with Crippen molar-refractivity contribution in [3.05, 3.63) is 53.6 Å². The van der Waals surface area contributed by atoms with Gasteiger partial charge < -0.3 is 9.88 Å². The molecule has 1 N–H and O–H groups in total. The van der Waals surface area contributed by atoms with Crippen molar-refractivity contribution in [2.24, 2.45) is 5.92 Å². The summed E-state index contributed by atoms with van der Waals surface area (Å²) in [5.74, 6) is 0.970. The maximum absolute atomic E-state index is 13.3. The Kier molecular flexibility index (Phi) is 5.30. The van der Waals surface area contributed by atoms with Crippen LogP contribution in [0.4, 0.5) is 0 Å². The van der Waals surface area contributed by atoms with Gasteiger partial charge in [0.15, 0.2) is 0 Å². The van der Waals surface area contributed by atoms with Crippen LogP contribution in [0.5, 0.6) is 0 Å². The second-order valence-electron chi connectivity index (χ2n) is 8.27. The smallest absolute Gasteiger partial charge is 0.240 e. The van der Waals surface area contributed by atoms with Gasteiger partial charge in [-0.05, 0) is 44.6 Å². The van der Waals surface area contributed by atoms with Crippen molar-refractivity contribution in [3.8, 4) is 0 Å². The average molecular weight is 367 g/mol. The molecular weight excluding hydrogens is 336 g/mol. The van der Waals surface area contributed by atoms with Gasteiger partial charge in [-0.3, -0.25) is 9.69 Å². The van der Waals surface area contributed by atoms with E-state index in [1.54, 1.807) is 6.33 Å². The highest BCUT2D eigenvalue weighted by Crippen LogP contribution is 2.27. The Labute approximate surface area is 161 Å². The summed E-state index contributed by atoms with van der Waals surface area (Å²) in [5, 5.41) is 0. The molecule has 0 aliphatic carbocycles. The molecule has 27 heavy (non-hydrogen) atoms. The molecule has 5 nitrogen and oxygen atoms in total. The van der Waals surface area contributed by atoms with Gasteiger partial charge in [-0.25, -0.2) is 4.98 Å². The summed E-state index contributed by atoms with van der Waals surface area (Å²) in [5.41, 5.74) is 3.63. The Hall–Kier alpha value is -2.14. The number of carbonyl (C=O) groups is 1. The van der Waals surface area contributed by atoms with E-state index in [2.05, 4.69) is 63.9 Å². The molecule has 1 aromatic carbocycles. The first kappa shape index (κ1) is 18.2. The van der Waals surface area contributed by atoms with Crippen LogP contribution in [0.3, 0.4) is 0 Å². The second kappa shape index (κ2) is 7.85. The number of carbonyl (C=O) groups excluding carboxylic acids is 1. The van der Waals surface area contributed by atoms with Crippen molar-refractivity contribution in [1.29, 1.82) is 0 Å². The summed E-state index contributed by atoms with van der Waals surface area (Å²) in [7, 11) is 0. The number of aromatic amines is 1. The molecule has 3 heterocycles. The van der Waals surface area contributed by atoms with E-state index < -0.39 is 0 Å². The number of piperidine rings is 1. The molecule has 1 amide bonds. The fraction of sp³-hybridized carbons (Fsp3) is 0.545. The molecule has 1 fully saturated rings. The van der Waals surface area contributed by atoms with Crippen LogP contribution in [0.1, 0.15) is 43.6 Å². The lowest BCUT2D eigenvalue weighted by molar-refractivity contribution is -0.140. The van der Waals surface area contributed by atoms with Crippen LogP contribution in [0.2, 0.25) is 0 Å². The molecule has 0 spiro atoms. The quantitative estimate of drug-likeness (QED) is 0.905. The Bertz CT molecular complexity index is 762. The van der Waals surface area contributed by atoms with Gasteiger partial charge in [-0.15, -0.1) is 0 Å². The van der Waals surface area contributed by atoms with Crippen LogP contribution in [-0.4, -0.2) is 50.8 Å². The van der Waals surface area contributed by atoms with Crippen molar-refractivity contribution < 1.29 is 4.79 Å². The van der Waals surface area contributed by atoms with E-state index in [1.807, 2.05) is 0 Å². The lowest BCUT2D eigenvalue weighted by atomic mass is 9.89. The molecule has 0 radical (unpaired) electrons. The zero-order valence-electron chi connectivity index (χ0n) is 16.4. The molecule has 0 saturated carbocycles. The van der Waals surface area contributed by atoms with Gasteiger partial charge in [0.05, 0.1) is 23.8 Å². The van der Waals surface area contributed by atoms with Crippen LogP contribution in [0.25, 0.3) is 0 Å². The first-order valence-electron chi connectivity index (χ1n) is 10.2. The van der Waals surface area contributed by atoms with Crippen molar-refractivity contribution in [1.82, 2.24) is 19.8 Å². The molecule has 0 unspecified atom stereocenters. The summed E-state index contributed by atoms with van der Waals surface area (Å²) < 4.78 is 0. The van der Waals surface area contributed by atoms with Gasteiger partial charge >= 0.3 is 0 Å². The predicted molar refractivity (Wildman–Crippen MR) is 106 cm³/mol. The third-order valence-electron chi connectivity index (χ3n) is 6.18. The first-order chi connectivity index (χ1) is 13.1. The fourth-order valence-electron chi connectivity index (χ4n) is 4.54. The Morgan fingerprint density at radius 3 is 2.67 bits per heavy atom. The van der Waals surface area contributed by atoms with Gasteiger partial charge in [-0.1, -0.05) is 30.3 Å². The van der Waals surface area contributed by atoms with Crippen LogP contribution >= 0.6 is 0 Å². The van der Waals surface area contributed by atoms with Crippen LogP contribution in [0.15, 0.2) is 36.7 Å². The Morgan fingerprint density at radius 2 is 1.96 bits per heavy atom. The number of H-pyrrole nitrogens is 1. The minimum atomic E-state index is -0.0773. The number of nitrogens with one attached hydrogen (secondary N) is 1. The van der Waals surface area contributed by atoms with Crippen molar-refractivity contribution in [2.75, 3.05) is 13.1 Å². The number of fused-ring (bicyclic) bond motifs is 1. The summed E-state index contributed by atoms with van der Waals surface area (Å²) >= 11 is 0. The lowest BCUT2D eigenvalue weighted by Crippen LogP contribution is -2.55. The molecule has 5 heteroatoms. The first-order valence-corrected chi connectivity index (χ1v) is 10.2. The lowest BCUT2D eigenvalue weighted by Gasteiger charge is -2.41. The number of likely N-dealkylation sites (tertiary alicyclic amines) is 1. The molecule has 1 atom stereocenters. The molecule has 4 rings (SSSR count). The minimum absolute atomic E-state index is 0.0773. The molecule has 2 aromatic rings. The molecule has 1 saturated heterocycles. The third-order valence-corrected chi connectivity index (χ3v) is 6.18. The molecule has 144 valence electrons. The van der Waals surface area contributed by atoms with Gasteiger partial charge in [0.2, 0.25) is 5.91 Å². The average Bonchev–Trinajstić information content (AvgIpc) is 3.15. The number of imidazole rings is 1. The fourth-order valence-corrected chi connectivity index (χ4v) is 4.54. The third kappa shape index (κ3) is 3.93. The van der Waals surface area contributed by atoms with Gasteiger partial charge in [0.25, 0.3) is 0 Å². The molecule has 2 aliphatic rings. The largest absolute Gasteiger partial charge is 0.347 e. The standard InChI is InChI=1S/C22H30N4O/c1-16(2)26-14-20-19(23-15-24-20)13-21(26)22(27)25-10-8-18(9-11-25)12-17-6-4-3-5-7-17/h3-7,15-16,18,21H,8-14H2,1-2H3,(H,23,24)/t21-/m0/s1. The van der Waals surface area contributed by atoms with Crippen molar-refractivity contribution in [3.63, 3.8) is 0 Å². The van der Waals surface area contributed by atoms with Crippen LogP contribution in [-0.2, 0) is 24.2 Å². The maximum Gasteiger partial charge on any atom is 0.240 e. The van der Waals surface area contributed by atoms with E-state index >= 15 is 0 Å². The zero-order valence-corrected chi connectivity index (χ0v) is 16.4.